The van der Waals surface area contributed by atoms with Crippen LogP contribution in [0.5, 0.6) is 17.2 Å². The lowest BCUT2D eigenvalue weighted by Crippen LogP contribution is -2.37. The number of methoxy groups -OCH3 is 3. The molecule has 3 rings (SSSR count). The number of thiophene rings is 1. The maximum atomic E-state index is 12.7. The molecule has 0 spiro atoms. The highest BCUT2D eigenvalue weighted by molar-refractivity contribution is 8.18. The number of imide groups is 1. The predicted octanol–water partition coefficient (Wildman–Crippen LogP) is 3.17. The fourth-order valence-electron chi connectivity index (χ4n) is 2.97. The summed E-state index contributed by atoms with van der Waals surface area (Å²) in [5.41, 5.74) is 0.629. The molecule has 2 heterocycles. The van der Waals surface area contributed by atoms with Gasteiger partial charge >= 0.3 is 0 Å². The molecule has 1 aromatic carbocycles. The van der Waals surface area contributed by atoms with Gasteiger partial charge in [-0.1, -0.05) is 6.07 Å². The first-order valence-corrected chi connectivity index (χ1v) is 11.0. The summed E-state index contributed by atoms with van der Waals surface area (Å²) in [7, 11) is 4.51. The second-order valence-electron chi connectivity index (χ2n) is 6.40. The van der Waals surface area contributed by atoms with Gasteiger partial charge in [-0.05, 0) is 47.0 Å². The van der Waals surface area contributed by atoms with E-state index in [9.17, 15) is 14.4 Å². The molecule has 1 fully saturated rings. The first-order chi connectivity index (χ1) is 15.0. The lowest BCUT2D eigenvalue weighted by molar-refractivity contribution is -0.124. The molecule has 0 aliphatic carbocycles. The number of nitrogens with zero attached hydrogens (tertiary/aromatic N) is 1. The van der Waals surface area contributed by atoms with Crippen LogP contribution in [0.1, 0.15) is 10.4 Å². The third-order valence-corrected chi connectivity index (χ3v) is 6.21. The number of thioether (sulfide) groups is 1. The van der Waals surface area contributed by atoms with Crippen LogP contribution in [-0.2, 0) is 16.0 Å². The van der Waals surface area contributed by atoms with Crippen molar-refractivity contribution < 1.29 is 28.6 Å². The second kappa shape index (κ2) is 10.4. The Morgan fingerprint density at radius 1 is 1.13 bits per heavy atom. The van der Waals surface area contributed by atoms with Crippen molar-refractivity contribution in [3.63, 3.8) is 0 Å². The van der Waals surface area contributed by atoms with Gasteiger partial charge in [-0.25, -0.2) is 0 Å². The Balaban J connectivity index is 1.65. The zero-order valence-corrected chi connectivity index (χ0v) is 18.9. The number of amides is 3. The van der Waals surface area contributed by atoms with Crippen molar-refractivity contribution >= 4 is 46.2 Å². The zero-order valence-electron chi connectivity index (χ0n) is 17.3. The summed E-state index contributed by atoms with van der Waals surface area (Å²) in [6.07, 6.45) is 1.88. The van der Waals surface area contributed by atoms with E-state index in [0.717, 1.165) is 21.5 Å². The molecule has 1 aliphatic rings. The summed E-state index contributed by atoms with van der Waals surface area (Å²) >= 11 is 2.35. The van der Waals surface area contributed by atoms with Crippen LogP contribution in [0.4, 0.5) is 4.79 Å². The highest BCUT2D eigenvalue weighted by atomic mass is 32.2. The Morgan fingerprint density at radius 3 is 2.42 bits per heavy atom. The molecule has 0 saturated carbocycles. The van der Waals surface area contributed by atoms with E-state index in [1.807, 2.05) is 17.5 Å². The van der Waals surface area contributed by atoms with Crippen LogP contribution >= 0.6 is 23.1 Å². The number of ether oxygens (including phenoxy) is 3. The molecule has 31 heavy (non-hydrogen) atoms. The zero-order chi connectivity index (χ0) is 22.4. The van der Waals surface area contributed by atoms with Crippen LogP contribution in [0, 0.1) is 0 Å². The van der Waals surface area contributed by atoms with E-state index in [-0.39, 0.29) is 35.6 Å². The monoisotopic (exact) mass is 462 g/mol. The summed E-state index contributed by atoms with van der Waals surface area (Å²) in [5, 5.41) is 4.27. The van der Waals surface area contributed by atoms with Crippen molar-refractivity contribution in [3.8, 4) is 17.2 Å². The summed E-state index contributed by atoms with van der Waals surface area (Å²) in [6, 6.07) is 7.16. The standard InChI is InChI=1S/C21H22N2O6S2/c1-27-15-9-13(10-16(28-2)19(15)29-3)11-17-20(25)23(21(26)31-17)7-6-22-18(24)12-14-5-4-8-30-14/h4-5,8-11H,6-7,12H2,1-3H3,(H,22,24)/b17-11-. The normalized spacial score (nSPS) is 14.8. The van der Waals surface area contributed by atoms with E-state index in [4.69, 9.17) is 14.2 Å². The smallest absolute Gasteiger partial charge is 0.293 e. The van der Waals surface area contributed by atoms with Gasteiger partial charge in [-0.15, -0.1) is 11.3 Å². The van der Waals surface area contributed by atoms with Crippen molar-refractivity contribution in [3.05, 3.63) is 45.0 Å². The van der Waals surface area contributed by atoms with Gasteiger partial charge in [-0.2, -0.15) is 0 Å². The summed E-state index contributed by atoms with van der Waals surface area (Å²) in [4.78, 5) is 39.4. The van der Waals surface area contributed by atoms with E-state index in [1.165, 1.54) is 32.7 Å². The number of carbonyl (C=O) groups excluding carboxylic acids is 3. The fraction of sp³-hybridized carbons (Fsp3) is 0.286. The van der Waals surface area contributed by atoms with Gasteiger partial charge in [0.25, 0.3) is 11.1 Å². The van der Waals surface area contributed by atoms with Gasteiger partial charge in [0.2, 0.25) is 11.7 Å². The lowest BCUT2D eigenvalue weighted by Gasteiger charge is -2.13. The maximum Gasteiger partial charge on any atom is 0.293 e. The van der Waals surface area contributed by atoms with Gasteiger partial charge in [-0.3, -0.25) is 19.3 Å². The lowest BCUT2D eigenvalue weighted by atomic mass is 10.1. The highest BCUT2D eigenvalue weighted by Gasteiger charge is 2.34. The minimum atomic E-state index is -0.406. The molecular formula is C21H22N2O6S2. The molecule has 164 valence electrons. The third-order valence-electron chi connectivity index (χ3n) is 4.43. The number of benzene rings is 1. The number of carbonyl (C=O) groups is 3. The van der Waals surface area contributed by atoms with Crippen LogP contribution in [0.3, 0.4) is 0 Å². The molecule has 0 atom stereocenters. The first-order valence-electron chi connectivity index (χ1n) is 9.31. The highest BCUT2D eigenvalue weighted by Crippen LogP contribution is 2.40. The van der Waals surface area contributed by atoms with Crippen molar-refractivity contribution in [2.75, 3.05) is 34.4 Å². The number of rotatable bonds is 9. The van der Waals surface area contributed by atoms with E-state index in [1.54, 1.807) is 18.2 Å². The van der Waals surface area contributed by atoms with Crippen LogP contribution in [0.2, 0.25) is 0 Å². The minimum absolute atomic E-state index is 0.105. The third kappa shape index (κ3) is 5.39. The molecule has 1 N–H and O–H groups in total. The Morgan fingerprint density at radius 2 is 1.84 bits per heavy atom. The predicted molar refractivity (Wildman–Crippen MR) is 120 cm³/mol. The van der Waals surface area contributed by atoms with E-state index >= 15 is 0 Å². The molecule has 2 aromatic rings. The molecule has 0 unspecified atom stereocenters. The van der Waals surface area contributed by atoms with Crippen molar-refractivity contribution in [2.24, 2.45) is 0 Å². The molecule has 8 nitrogen and oxygen atoms in total. The van der Waals surface area contributed by atoms with Gasteiger partial charge in [0, 0.05) is 18.0 Å². The minimum Gasteiger partial charge on any atom is -0.493 e. The van der Waals surface area contributed by atoms with Crippen molar-refractivity contribution in [2.45, 2.75) is 6.42 Å². The van der Waals surface area contributed by atoms with Gasteiger partial charge in [0.05, 0.1) is 32.7 Å². The van der Waals surface area contributed by atoms with Gasteiger partial charge < -0.3 is 19.5 Å². The van der Waals surface area contributed by atoms with Gasteiger partial charge in [0.15, 0.2) is 11.5 Å². The van der Waals surface area contributed by atoms with Crippen molar-refractivity contribution in [1.82, 2.24) is 10.2 Å². The van der Waals surface area contributed by atoms with Crippen LogP contribution in [0.15, 0.2) is 34.6 Å². The summed E-state index contributed by atoms with van der Waals surface area (Å²) in [5.74, 6) is 0.772. The Kier molecular flexibility index (Phi) is 7.59. The Hall–Kier alpha value is -2.98. The molecule has 3 amide bonds. The molecule has 0 radical (unpaired) electrons. The SMILES string of the molecule is COc1cc(/C=C2\SC(=O)N(CCNC(=O)Cc3cccs3)C2=O)cc(OC)c1OC. The maximum absolute atomic E-state index is 12.7. The molecular weight excluding hydrogens is 440 g/mol. The molecule has 0 bridgehead atoms. The quantitative estimate of drug-likeness (QED) is 0.572. The Labute approximate surface area is 188 Å². The van der Waals surface area contributed by atoms with E-state index < -0.39 is 5.91 Å². The number of hydrogen-bond acceptors (Lipinski definition) is 8. The van der Waals surface area contributed by atoms with Crippen LogP contribution in [-0.4, -0.2) is 56.4 Å². The molecule has 1 saturated heterocycles. The second-order valence-corrected chi connectivity index (χ2v) is 8.42. The number of hydrogen-bond donors (Lipinski definition) is 1. The number of nitrogens with one attached hydrogen (secondary N) is 1. The van der Waals surface area contributed by atoms with E-state index in [0.29, 0.717) is 22.8 Å². The summed E-state index contributed by atoms with van der Waals surface area (Å²) < 4.78 is 15.9. The average molecular weight is 463 g/mol. The molecule has 1 aromatic heterocycles. The summed E-state index contributed by atoms with van der Waals surface area (Å²) in [6.45, 7) is 0.299. The topological polar surface area (TPSA) is 94.2 Å². The molecule has 1 aliphatic heterocycles. The van der Waals surface area contributed by atoms with Crippen LogP contribution < -0.4 is 19.5 Å². The Bertz CT molecular complexity index is 978. The van der Waals surface area contributed by atoms with E-state index in [2.05, 4.69) is 5.32 Å². The average Bonchev–Trinajstić information content (AvgIpc) is 3.36. The van der Waals surface area contributed by atoms with Crippen LogP contribution in [0.25, 0.3) is 6.08 Å². The first kappa shape index (κ1) is 22.7. The van der Waals surface area contributed by atoms with Gasteiger partial charge in [0.1, 0.15) is 0 Å². The fourth-order valence-corrected chi connectivity index (χ4v) is 4.54. The largest absolute Gasteiger partial charge is 0.493 e. The molecule has 10 heteroatoms. The van der Waals surface area contributed by atoms with Crippen molar-refractivity contribution in [1.29, 1.82) is 0 Å².